The monoisotopic (exact) mass is 392 g/mol. The second kappa shape index (κ2) is 19.0. The third-order valence-electron chi connectivity index (χ3n) is 4.43. The maximum Gasteiger partial charge on any atom is 0.134 e. The summed E-state index contributed by atoms with van der Waals surface area (Å²) >= 11 is 0. The fourth-order valence-corrected chi connectivity index (χ4v) is 9.23. The van der Waals surface area contributed by atoms with Gasteiger partial charge in [0.05, 0.1) is 19.0 Å². The predicted molar refractivity (Wildman–Crippen MR) is 113 cm³/mol. The van der Waals surface area contributed by atoms with E-state index < -0.39 is 19.0 Å². The minimum absolute atomic E-state index is 0.0662. The van der Waals surface area contributed by atoms with Gasteiger partial charge in [0.25, 0.3) is 0 Å². The molecule has 25 heavy (non-hydrogen) atoms. The van der Waals surface area contributed by atoms with Crippen molar-refractivity contribution in [1.82, 2.24) is 0 Å². The molecule has 0 aromatic carbocycles. The first kappa shape index (κ1) is 25.3. The number of ether oxygens (including phenoxy) is 4. The molecular weight excluding hydrogens is 348 g/mol. The molecule has 0 bridgehead atoms. The minimum Gasteiger partial charge on any atom is -0.357 e. The normalized spacial score (nSPS) is 14.0. The first-order chi connectivity index (χ1) is 12.2. The van der Waals surface area contributed by atoms with Crippen LogP contribution in [0.25, 0.3) is 0 Å². The van der Waals surface area contributed by atoms with E-state index >= 15 is 0 Å². The summed E-state index contributed by atoms with van der Waals surface area (Å²) < 4.78 is 23.4. The van der Waals surface area contributed by atoms with Gasteiger partial charge < -0.3 is 18.9 Å². The SMILES string of the molecule is CCCCCCCCC([SiH2]C(OCC)OCC)[SiH2]C(OCC)OCC. The van der Waals surface area contributed by atoms with Crippen LogP contribution in [0.4, 0.5) is 0 Å². The van der Waals surface area contributed by atoms with Crippen LogP contribution in [-0.2, 0) is 18.9 Å². The van der Waals surface area contributed by atoms with E-state index in [4.69, 9.17) is 18.9 Å². The first-order valence-corrected chi connectivity index (χ1v) is 13.9. The number of hydrogen-bond acceptors (Lipinski definition) is 4. The molecule has 0 heterocycles. The molecular formula is C19H44O4Si2. The van der Waals surface area contributed by atoms with E-state index in [0.29, 0.717) is 0 Å². The molecule has 0 saturated heterocycles. The maximum absolute atomic E-state index is 5.85. The van der Waals surface area contributed by atoms with Gasteiger partial charge in [-0.1, -0.05) is 57.0 Å². The molecule has 0 atom stereocenters. The standard InChI is InChI=1S/C19H44O4Si2/c1-6-11-12-13-14-15-16-17(24-18(20-7-2)21-8-3)25-19(22-9-4)23-10-5/h17-19H,6-16,24-25H2,1-5H3. The van der Waals surface area contributed by atoms with Gasteiger partial charge in [0.1, 0.15) is 11.8 Å². The molecule has 0 spiro atoms. The molecule has 0 aliphatic rings. The van der Waals surface area contributed by atoms with Gasteiger partial charge >= 0.3 is 0 Å². The molecule has 0 unspecified atom stereocenters. The van der Waals surface area contributed by atoms with Gasteiger partial charge in [-0.15, -0.1) is 0 Å². The molecule has 0 N–H and O–H groups in total. The highest BCUT2D eigenvalue weighted by Crippen LogP contribution is 2.19. The smallest absolute Gasteiger partial charge is 0.134 e. The summed E-state index contributed by atoms with van der Waals surface area (Å²) in [5.74, 6) is 0.132. The molecule has 0 aromatic rings. The lowest BCUT2D eigenvalue weighted by Gasteiger charge is -2.26. The quantitative estimate of drug-likeness (QED) is 0.191. The van der Waals surface area contributed by atoms with Gasteiger partial charge in [-0.05, 0) is 27.7 Å². The molecule has 0 fully saturated rings. The zero-order valence-electron chi connectivity index (χ0n) is 17.6. The largest absolute Gasteiger partial charge is 0.357 e. The van der Waals surface area contributed by atoms with Crippen molar-refractivity contribution in [3.63, 3.8) is 0 Å². The summed E-state index contributed by atoms with van der Waals surface area (Å²) in [5.41, 5.74) is 0. The lowest BCUT2D eigenvalue weighted by Crippen LogP contribution is -2.36. The van der Waals surface area contributed by atoms with Crippen molar-refractivity contribution >= 4 is 19.0 Å². The van der Waals surface area contributed by atoms with Gasteiger partial charge in [0.2, 0.25) is 0 Å². The predicted octanol–water partition coefficient (Wildman–Crippen LogP) is 3.53. The summed E-state index contributed by atoms with van der Waals surface area (Å²) in [7, 11) is -0.892. The van der Waals surface area contributed by atoms with Crippen LogP contribution in [0.15, 0.2) is 0 Å². The Kier molecular flexibility index (Phi) is 19.3. The zero-order valence-corrected chi connectivity index (χ0v) is 20.4. The molecule has 152 valence electrons. The Hall–Kier alpha value is 0.274. The Balaban J connectivity index is 4.49. The van der Waals surface area contributed by atoms with Crippen LogP contribution in [0, 0.1) is 0 Å². The van der Waals surface area contributed by atoms with Gasteiger partial charge in [0.15, 0.2) is 0 Å². The van der Waals surface area contributed by atoms with E-state index in [1.165, 1.54) is 44.9 Å². The zero-order chi connectivity index (χ0) is 18.8. The molecule has 0 saturated carbocycles. The van der Waals surface area contributed by atoms with E-state index in [9.17, 15) is 0 Å². The average Bonchev–Trinajstić information content (AvgIpc) is 2.58. The molecule has 0 radical (unpaired) electrons. The number of rotatable bonds is 19. The van der Waals surface area contributed by atoms with Crippen molar-refractivity contribution < 1.29 is 18.9 Å². The van der Waals surface area contributed by atoms with Gasteiger partial charge in [-0.25, -0.2) is 0 Å². The van der Waals surface area contributed by atoms with Crippen LogP contribution < -0.4 is 0 Å². The van der Waals surface area contributed by atoms with E-state index in [-0.39, 0.29) is 11.8 Å². The highest BCUT2D eigenvalue weighted by atomic mass is 28.3. The summed E-state index contributed by atoms with van der Waals surface area (Å²) in [6.45, 7) is 13.5. The third-order valence-corrected chi connectivity index (χ3v) is 10.3. The lowest BCUT2D eigenvalue weighted by atomic mass is 10.1. The van der Waals surface area contributed by atoms with E-state index in [2.05, 4.69) is 34.6 Å². The maximum atomic E-state index is 5.85. The van der Waals surface area contributed by atoms with Crippen molar-refractivity contribution in [2.75, 3.05) is 26.4 Å². The van der Waals surface area contributed by atoms with Crippen LogP contribution in [0.1, 0.15) is 79.6 Å². The molecule has 0 aromatic heterocycles. The van der Waals surface area contributed by atoms with Gasteiger partial charge in [-0.2, -0.15) is 0 Å². The van der Waals surface area contributed by atoms with Crippen molar-refractivity contribution in [3.05, 3.63) is 0 Å². The Morgan fingerprint density at radius 2 is 0.960 bits per heavy atom. The van der Waals surface area contributed by atoms with E-state index in [1.54, 1.807) is 0 Å². The molecule has 0 aliphatic carbocycles. The Bertz CT molecular complexity index is 240. The van der Waals surface area contributed by atoms with Crippen LogP contribution in [0.5, 0.6) is 0 Å². The fraction of sp³-hybridized carbons (Fsp3) is 1.00. The lowest BCUT2D eigenvalue weighted by molar-refractivity contribution is -0.0856. The van der Waals surface area contributed by atoms with E-state index in [1.807, 2.05) is 0 Å². The molecule has 0 amide bonds. The summed E-state index contributed by atoms with van der Waals surface area (Å²) in [6.07, 6.45) is 9.47. The first-order valence-electron chi connectivity index (χ1n) is 10.7. The Morgan fingerprint density at radius 1 is 0.560 bits per heavy atom. The van der Waals surface area contributed by atoms with Crippen molar-refractivity contribution in [3.8, 4) is 0 Å². The van der Waals surface area contributed by atoms with Crippen molar-refractivity contribution in [2.45, 2.75) is 96.6 Å². The van der Waals surface area contributed by atoms with Crippen LogP contribution >= 0.6 is 0 Å². The molecule has 0 rings (SSSR count). The minimum atomic E-state index is -0.446. The number of unbranched alkanes of at least 4 members (excludes halogenated alkanes) is 5. The van der Waals surface area contributed by atoms with Crippen molar-refractivity contribution in [1.29, 1.82) is 0 Å². The highest BCUT2D eigenvalue weighted by molar-refractivity contribution is 6.59. The van der Waals surface area contributed by atoms with Crippen LogP contribution in [0.2, 0.25) is 5.16 Å². The third kappa shape index (κ3) is 15.1. The van der Waals surface area contributed by atoms with E-state index in [0.717, 1.165) is 31.6 Å². The number of hydrogen-bond donors (Lipinski definition) is 0. The topological polar surface area (TPSA) is 36.9 Å². The van der Waals surface area contributed by atoms with Crippen LogP contribution in [0.3, 0.4) is 0 Å². The Morgan fingerprint density at radius 3 is 1.36 bits per heavy atom. The van der Waals surface area contributed by atoms with Crippen LogP contribution in [-0.4, -0.2) is 57.3 Å². The molecule has 4 nitrogen and oxygen atoms in total. The fourth-order valence-electron chi connectivity index (χ4n) is 3.20. The summed E-state index contributed by atoms with van der Waals surface area (Å²) in [5, 5.41) is 0.789. The Labute approximate surface area is 161 Å². The van der Waals surface area contributed by atoms with Gasteiger partial charge in [-0.3, -0.25) is 0 Å². The average molecular weight is 393 g/mol. The summed E-state index contributed by atoms with van der Waals surface area (Å²) in [6, 6.07) is 0. The van der Waals surface area contributed by atoms with Gasteiger partial charge in [0, 0.05) is 26.4 Å². The second-order valence-corrected chi connectivity index (χ2v) is 12.3. The summed E-state index contributed by atoms with van der Waals surface area (Å²) in [4.78, 5) is 0. The molecule has 6 heteroatoms. The second-order valence-electron chi connectivity index (χ2n) is 6.57. The molecule has 0 aliphatic heterocycles. The van der Waals surface area contributed by atoms with Crippen molar-refractivity contribution in [2.24, 2.45) is 0 Å². The highest BCUT2D eigenvalue weighted by Gasteiger charge is 2.23.